The molecule has 0 amide bonds. The predicted molar refractivity (Wildman–Crippen MR) is 88.2 cm³/mol. The Kier molecular flexibility index (Phi) is 8.13. The van der Waals surface area contributed by atoms with Crippen LogP contribution in [0, 0.1) is 5.41 Å². The zero-order valence-corrected chi connectivity index (χ0v) is 14.5. The molecule has 1 saturated carbocycles. The third kappa shape index (κ3) is 6.13. The highest BCUT2D eigenvalue weighted by Gasteiger charge is 2.27. The van der Waals surface area contributed by atoms with Gasteiger partial charge >= 0.3 is 0 Å². The maximum Gasteiger partial charge on any atom is 0.0594 e. The minimum Gasteiger partial charge on any atom is -0.381 e. The minimum absolute atomic E-state index is 0.273. The van der Waals surface area contributed by atoms with E-state index in [1.54, 1.807) is 0 Å². The summed E-state index contributed by atoms with van der Waals surface area (Å²) >= 11 is 0. The maximum atomic E-state index is 5.54. The minimum atomic E-state index is 0.273. The maximum absolute atomic E-state index is 5.54. The van der Waals surface area contributed by atoms with Gasteiger partial charge in [-0.05, 0) is 44.4 Å². The van der Waals surface area contributed by atoms with E-state index in [0.29, 0.717) is 12.1 Å². The molecule has 1 aliphatic carbocycles. The summed E-state index contributed by atoms with van der Waals surface area (Å²) in [6.07, 6.45) is 12.5. The highest BCUT2D eigenvalue weighted by molar-refractivity contribution is 4.82. The fourth-order valence-corrected chi connectivity index (χ4v) is 3.33. The summed E-state index contributed by atoms with van der Waals surface area (Å²) < 4.78 is 5.54. The smallest absolute Gasteiger partial charge is 0.0594 e. The Balaban J connectivity index is 2.41. The summed E-state index contributed by atoms with van der Waals surface area (Å²) in [6, 6.07) is 1.48. The van der Waals surface area contributed by atoms with Gasteiger partial charge in [-0.2, -0.15) is 0 Å². The van der Waals surface area contributed by atoms with Gasteiger partial charge in [-0.15, -0.1) is 0 Å². The molecule has 0 aromatic rings. The fraction of sp³-hybridized carbons (Fsp3) is 1.00. The normalized spacial score (nSPS) is 20.9. The molecule has 0 aliphatic heterocycles. The average Bonchev–Trinajstić information content (AvgIpc) is 2.45. The van der Waals surface area contributed by atoms with E-state index in [9.17, 15) is 0 Å². The Morgan fingerprint density at radius 3 is 2.35 bits per heavy atom. The first-order chi connectivity index (χ1) is 9.49. The molecular weight excluding hydrogens is 246 g/mol. The monoisotopic (exact) mass is 283 g/mol. The quantitative estimate of drug-likeness (QED) is 0.648. The molecule has 0 spiro atoms. The van der Waals surface area contributed by atoms with Gasteiger partial charge in [0.05, 0.1) is 6.10 Å². The summed E-state index contributed by atoms with van der Waals surface area (Å²) in [7, 11) is 1.83. The van der Waals surface area contributed by atoms with Gasteiger partial charge in [-0.3, -0.25) is 0 Å². The first-order valence-electron chi connectivity index (χ1n) is 8.78. The van der Waals surface area contributed by atoms with Crippen molar-refractivity contribution in [1.29, 1.82) is 0 Å². The molecular formula is C18H37NO. The molecule has 120 valence electrons. The zero-order chi connectivity index (χ0) is 15.0. The van der Waals surface area contributed by atoms with Crippen LogP contribution in [0.5, 0.6) is 0 Å². The molecule has 2 nitrogen and oxygen atoms in total. The van der Waals surface area contributed by atoms with Crippen molar-refractivity contribution in [1.82, 2.24) is 5.32 Å². The predicted octanol–water partition coefficient (Wildman–Crippen LogP) is 4.92. The van der Waals surface area contributed by atoms with Crippen LogP contribution in [0.2, 0.25) is 0 Å². The van der Waals surface area contributed by atoms with Gasteiger partial charge in [0.25, 0.3) is 0 Å². The molecule has 0 saturated heterocycles. The van der Waals surface area contributed by atoms with Gasteiger partial charge in [0.1, 0.15) is 0 Å². The average molecular weight is 284 g/mol. The number of ether oxygens (including phenoxy) is 1. The second-order valence-corrected chi connectivity index (χ2v) is 7.39. The third-order valence-electron chi connectivity index (χ3n) is 5.30. The highest BCUT2D eigenvalue weighted by Crippen LogP contribution is 2.30. The van der Waals surface area contributed by atoms with E-state index >= 15 is 0 Å². The van der Waals surface area contributed by atoms with E-state index in [0.717, 1.165) is 6.04 Å². The molecule has 0 aromatic carbocycles. The van der Waals surface area contributed by atoms with Crippen LogP contribution in [-0.4, -0.2) is 25.3 Å². The number of hydrogen-bond donors (Lipinski definition) is 1. The van der Waals surface area contributed by atoms with E-state index in [1.165, 1.54) is 57.8 Å². The topological polar surface area (TPSA) is 21.3 Å². The molecule has 0 bridgehead atoms. The van der Waals surface area contributed by atoms with Crippen LogP contribution in [0.15, 0.2) is 0 Å². The van der Waals surface area contributed by atoms with Crippen LogP contribution in [-0.2, 0) is 4.74 Å². The van der Waals surface area contributed by atoms with Crippen molar-refractivity contribution in [2.75, 3.05) is 7.11 Å². The van der Waals surface area contributed by atoms with Crippen molar-refractivity contribution >= 4 is 0 Å². The van der Waals surface area contributed by atoms with E-state index in [1.807, 2.05) is 7.11 Å². The molecule has 1 fully saturated rings. The number of methoxy groups -OCH3 is 1. The molecule has 2 unspecified atom stereocenters. The third-order valence-corrected chi connectivity index (χ3v) is 5.30. The lowest BCUT2D eigenvalue weighted by molar-refractivity contribution is 0.0132. The summed E-state index contributed by atoms with van der Waals surface area (Å²) in [5, 5.41) is 3.95. The van der Waals surface area contributed by atoms with Gasteiger partial charge < -0.3 is 10.1 Å². The van der Waals surface area contributed by atoms with Crippen LogP contribution in [0.3, 0.4) is 0 Å². The van der Waals surface area contributed by atoms with E-state index in [4.69, 9.17) is 4.74 Å². The zero-order valence-electron chi connectivity index (χ0n) is 14.5. The van der Waals surface area contributed by atoms with Crippen molar-refractivity contribution < 1.29 is 4.74 Å². The molecule has 0 aromatic heterocycles. The second-order valence-electron chi connectivity index (χ2n) is 7.39. The van der Waals surface area contributed by atoms with Gasteiger partial charge in [0.2, 0.25) is 0 Å². The van der Waals surface area contributed by atoms with Crippen LogP contribution in [0.25, 0.3) is 0 Å². The summed E-state index contributed by atoms with van der Waals surface area (Å²) in [5.41, 5.74) is 0.273. The number of hydrogen-bond acceptors (Lipinski definition) is 2. The van der Waals surface area contributed by atoms with Crippen molar-refractivity contribution in [3.63, 3.8) is 0 Å². The van der Waals surface area contributed by atoms with Gasteiger partial charge in [0.15, 0.2) is 0 Å². The van der Waals surface area contributed by atoms with Gasteiger partial charge in [0, 0.05) is 19.2 Å². The molecule has 20 heavy (non-hydrogen) atoms. The second kappa shape index (κ2) is 9.04. The number of rotatable bonds is 9. The standard InChI is InChI=1S/C18H37NO/c1-6-10-16(19-17-11-8-7-9-12-17)13-14-18(3,4)15(2)20-5/h15-17,19H,6-14H2,1-5H3. The molecule has 1 aliphatic rings. The fourth-order valence-electron chi connectivity index (χ4n) is 3.33. The molecule has 1 rings (SSSR count). The van der Waals surface area contributed by atoms with Crippen LogP contribution >= 0.6 is 0 Å². The number of nitrogens with one attached hydrogen (secondary N) is 1. The summed E-state index contributed by atoms with van der Waals surface area (Å²) in [6.45, 7) is 9.18. The van der Waals surface area contributed by atoms with E-state index < -0.39 is 0 Å². The Bertz CT molecular complexity index is 246. The summed E-state index contributed by atoms with van der Waals surface area (Å²) in [5.74, 6) is 0. The molecule has 1 N–H and O–H groups in total. The van der Waals surface area contributed by atoms with Crippen molar-refractivity contribution in [2.24, 2.45) is 5.41 Å². The summed E-state index contributed by atoms with van der Waals surface area (Å²) in [4.78, 5) is 0. The Morgan fingerprint density at radius 2 is 1.80 bits per heavy atom. The Morgan fingerprint density at radius 1 is 1.15 bits per heavy atom. The van der Waals surface area contributed by atoms with Crippen molar-refractivity contribution in [3.8, 4) is 0 Å². The molecule has 0 radical (unpaired) electrons. The molecule has 2 atom stereocenters. The van der Waals surface area contributed by atoms with Crippen LogP contribution in [0.4, 0.5) is 0 Å². The van der Waals surface area contributed by atoms with E-state index in [2.05, 4.69) is 33.0 Å². The molecule has 2 heteroatoms. The van der Waals surface area contributed by atoms with Crippen molar-refractivity contribution in [2.45, 2.75) is 104 Å². The first kappa shape index (κ1) is 18.0. The Labute approximate surface area is 127 Å². The molecule has 0 heterocycles. The van der Waals surface area contributed by atoms with E-state index in [-0.39, 0.29) is 5.41 Å². The van der Waals surface area contributed by atoms with Crippen molar-refractivity contribution in [3.05, 3.63) is 0 Å². The highest BCUT2D eigenvalue weighted by atomic mass is 16.5. The lowest BCUT2D eigenvalue weighted by atomic mass is 9.81. The van der Waals surface area contributed by atoms with Crippen LogP contribution in [0.1, 0.15) is 85.5 Å². The van der Waals surface area contributed by atoms with Gasteiger partial charge in [-0.25, -0.2) is 0 Å². The van der Waals surface area contributed by atoms with Crippen LogP contribution < -0.4 is 5.32 Å². The SMILES string of the molecule is CCCC(CCC(C)(C)C(C)OC)NC1CCCCC1. The Hall–Kier alpha value is -0.0800. The first-order valence-corrected chi connectivity index (χ1v) is 8.78. The lowest BCUT2D eigenvalue weighted by Crippen LogP contribution is -2.40. The largest absolute Gasteiger partial charge is 0.381 e. The lowest BCUT2D eigenvalue weighted by Gasteiger charge is -2.34. The van der Waals surface area contributed by atoms with Gasteiger partial charge in [-0.1, -0.05) is 46.5 Å².